The first-order valence-electron chi connectivity index (χ1n) is 5.96. The predicted octanol–water partition coefficient (Wildman–Crippen LogP) is 1.70. The summed E-state index contributed by atoms with van der Waals surface area (Å²) in [7, 11) is 0. The zero-order valence-electron chi connectivity index (χ0n) is 10.2. The van der Waals surface area contributed by atoms with E-state index in [1.54, 1.807) is 20.8 Å². The Hall–Kier alpha value is -0.120. The molecule has 0 saturated heterocycles. The normalized spacial score (nSPS) is 19.6. The Kier molecular flexibility index (Phi) is 8.02. The highest BCUT2D eigenvalue weighted by Crippen LogP contribution is 2.21. The molecule has 0 spiro atoms. The second kappa shape index (κ2) is 8.08. The van der Waals surface area contributed by atoms with E-state index in [0.29, 0.717) is 5.92 Å². The fraction of sp³-hybridized carbons (Fsp3) is 1.00. The number of hydrogen-bond acceptors (Lipinski definition) is 3. The van der Waals surface area contributed by atoms with Gasteiger partial charge in [0.15, 0.2) is 0 Å². The lowest BCUT2D eigenvalue weighted by Gasteiger charge is -2.19. The smallest absolute Gasteiger partial charge is 0.0514 e. The molecule has 0 bridgehead atoms. The minimum absolute atomic E-state index is 0.270. The van der Waals surface area contributed by atoms with E-state index >= 15 is 0 Å². The number of aliphatic hydroxyl groups excluding tert-OH is 3. The van der Waals surface area contributed by atoms with Crippen molar-refractivity contribution in [2.75, 3.05) is 0 Å². The van der Waals surface area contributed by atoms with Gasteiger partial charge in [0.1, 0.15) is 0 Å². The first-order chi connectivity index (χ1) is 6.91. The predicted molar refractivity (Wildman–Crippen MR) is 61.6 cm³/mol. The van der Waals surface area contributed by atoms with Gasteiger partial charge in [-0.1, -0.05) is 0 Å². The molecule has 0 heterocycles. The summed E-state index contributed by atoms with van der Waals surface area (Å²) in [5.41, 5.74) is 0. The minimum Gasteiger partial charge on any atom is -0.393 e. The molecule has 3 nitrogen and oxygen atoms in total. The zero-order chi connectivity index (χ0) is 11.8. The number of aliphatic hydroxyl groups is 3. The molecule has 0 amide bonds. The third-order valence-corrected chi connectivity index (χ3v) is 2.66. The van der Waals surface area contributed by atoms with Gasteiger partial charge in [0.2, 0.25) is 0 Å². The van der Waals surface area contributed by atoms with Crippen molar-refractivity contribution in [1.82, 2.24) is 0 Å². The molecule has 0 aromatic carbocycles. The molecule has 15 heavy (non-hydrogen) atoms. The summed E-state index contributed by atoms with van der Waals surface area (Å²) in [6.07, 6.45) is 3.33. The van der Waals surface area contributed by atoms with E-state index in [-0.39, 0.29) is 18.3 Å². The molecule has 3 heteroatoms. The quantitative estimate of drug-likeness (QED) is 0.581. The first-order valence-corrected chi connectivity index (χ1v) is 5.96. The van der Waals surface area contributed by atoms with Crippen LogP contribution in [0.3, 0.4) is 0 Å². The van der Waals surface area contributed by atoms with Crippen molar-refractivity contribution < 1.29 is 15.3 Å². The fourth-order valence-electron chi connectivity index (χ4n) is 1.82. The SMILES string of the molecule is CC(O)CCC(CCC(C)O)CC(C)O. The average Bonchev–Trinajstić information content (AvgIpc) is 2.08. The second-order valence-electron chi connectivity index (χ2n) is 4.80. The molecule has 3 N–H and O–H groups in total. The molecule has 0 rings (SSSR count). The third kappa shape index (κ3) is 10.2. The largest absolute Gasteiger partial charge is 0.393 e. The standard InChI is InChI=1S/C12H26O3/c1-9(13)4-6-12(8-11(3)15)7-5-10(2)14/h9-15H,4-8H2,1-3H3. The lowest BCUT2D eigenvalue weighted by molar-refractivity contribution is 0.122. The van der Waals surface area contributed by atoms with Gasteiger partial charge in [-0.05, 0) is 58.8 Å². The Balaban J connectivity index is 3.84. The van der Waals surface area contributed by atoms with Crippen LogP contribution in [0.2, 0.25) is 0 Å². The summed E-state index contributed by atoms with van der Waals surface area (Å²) in [4.78, 5) is 0. The van der Waals surface area contributed by atoms with Crippen molar-refractivity contribution in [1.29, 1.82) is 0 Å². The van der Waals surface area contributed by atoms with E-state index in [9.17, 15) is 15.3 Å². The maximum absolute atomic E-state index is 9.33. The van der Waals surface area contributed by atoms with E-state index in [1.807, 2.05) is 0 Å². The molecule has 0 fully saturated rings. The molecule has 0 aliphatic rings. The van der Waals surface area contributed by atoms with Crippen LogP contribution in [0.25, 0.3) is 0 Å². The van der Waals surface area contributed by atoms with Gasteiger partial charge in [-0.3, -0.25) is 0 Å². The van der Waals surface area contributed by atoms with Gasteiger partial charge < -0.3 is 15.3 Å². The monoisotopic (exact) mass is 218 g/mol. The van der Waals surface area contributed by atoms with E-state index < -0.39 is 0 Å². The molecule has 0 aliphatic carbocycles. The maximum atomic E-state index is 9.33. The van der Waals surface area contributed by atoms with Gasteiger partial charge in [0.05, 0.1) is 18.3 Å². The summed E-state index contributed by atoms with van der Waals surface area (Å²) in [6.45, 7) is 5.36. The van der Waals surface area contributed by atoms with Crippen LogP contribution in [-0.4, -0.2) is 33.6 Å². The highest BCUT2D eigenvalue weighted by atomic mass is 16.3. The number of hydrogen-bond donors (Lipinski definition) is 3. The van der Waals surface area contributed by atoms with Crippen LogP contribution in [-0.2, 0) is 0 Å². The third-order valence-electron chi connectivity index (χ3n) is 2.66. The summed E-state index contributed by atoms with van der Waals surface area (Å²) >= 11 is 0. The van der Waals surface area contributed by atoms with Crippen molar-refractivity contribution in [3.63, 3.8) is 0 Å². The van der Waals surface area contributed by atoms with Crippen LogP contribution >= 0.6 is 0 Å². The lowest BCUT2D eigenvalue weighted by Crippen LogP contribution is -2.14. The van der Waals surface area contributed by atoms with E-state index in [1.165, 1.54) is 0 Å². The lowest BCUT2D eigenvalue weighted by atomic mass is 9.90. The van der Waals surface area contributed by atoms with Gasteiger partial charge in [-0.15, -0.1) is 0 Å². The Morgan fingerprint density at radius 3 is 1.33 bits per heavy atom. The Morgan fingerprint density at radius 1 is 0.667 bits per heavy atom. The van der Waals surface area contributed by atoms with Crippen molar-refractivity contribution in [3.05, 3.63) is 0 Å². The fourth-order valence-corrected chi connectivity index (χ4v) is 1.82. The molecule has 3 atom stereocenters. The summed E-state index contributed by atoms with van der Waals surface area (Å²) in [5, 5.41) is 27.7. The van der Waals surface area contributed by atoms with Gasteiger partial charge in [-0.2, -0.15) is 0 Å². The zero-order valence-corrected chi connectivity index (χ0v) is 10.2. The van der Waals surface area contributed by atoms with Crippen molar-refractivity contribution in [2.24, 2.45) is 5.92 Å². The van der Waals surface area contributed by atoms with Crippen LogP contribution in [0.4, 0.5) is 0 Å². The highest BCUT2D eigenvalue weighted by Gasteiger charge is 2.13. The molecule has 0 aromatic heterocycles. The Labute approximate surface area is 93.1 Å². The van der Waals surface area contributed by atoms with Crippen LogP contribution in [0.1, 0.15) is 52.9 Å². The van der Waals surface area contributed by atoms with Crippen molar-refractivity contribution >= 4 is 0 Å². The van der Waals surface area contributed by atoms with Gasteiger partial charge >= 0.3 is 0 Å². The summed E-state index contributed by atoms with van der Waals surface area (Å²) in [6, 6.07) is 0. The molecular weight excluding hydrogens is 192 g/mol. The van der Waals surface area contributed by atoms with Crippen LogP contribution in [0.15, 0.2) is 0 Å². The highest BCUT2D eigenvalue weighted by molar-refractivity contribution is 4.66. The summed E-state index contributed by atoms with van der Waals surface area (Å²) in [5.74, 6) is 0.411. The van der Waals surface area contributed by atoms with E-state index in [2.05, 4.69) is 0 Å². The van der Waals surface area contributed by atoms with Gasteiger partial charge in [0, 0.05) is 0 Å². The van der Waals surface area contributed by atoms with Crippen LogP contribution < -0.4 is 0 Å². The summed E-state index contributed by atoms with van der Waals surface area (Å²) < 4.78 is 0. The average molecular weight is 218 g/mol. The van der Waals surface area contributed by atoms with Gasteiger partial charge in [0.25, 0.3) is 0 Å². The molecular formula is C12H26O3. The molecule has 0 saturated carbocycles. The van der Waals surface area contributed by atoms with Gasteiger partial charge in [-0.25, -0.2) is 0 Å². The topological polar surface area (TPSA) is 60.7 Å². The van der Waals surface area contributed by atoms with Crippen molar-refractivity contribution in [3.8, 4) is 0 Å². The molecule has 0 aliphatic heterocycles. The minimum atomic E-state index is -0.294. The molecule has 0 aromatic rings. The van der Waals surface area contributed by atoms with E-state index in [4.69, 9.17) is 0 Å². The molecule has 0 radical (unpaired) electrons. The maximum Gasteiger partial charge on any atom is 0.0514 e. The molecule has 92 valence electrons. The van der Waals surface area contributed by atoms with Crippen molar-refractivity contribution in [2.45, 2.75) is 71.2 Å². The Bertz CT molecular complexity index is 132. The first kappa shape index (κ1) is 14.9. The number of rotatable bonds is 8. The van der Waals surface area contributed by atoms with Crippen LogP contribution in [0, 0.1) is 5.92 Å². The second-order valence-corrected chi connectivity index (χ2v) is 4.80. The molecule has 3 unspecified atom stereocenters. The van der Waals surface area contributed by atoms with E-state index in [0.717, 1.165) is 32.1 Å². The Morgan fingerprint density at radius 2 is 1.07 bits per heavy atom. The van der Waals surface area contributed by atoms with Crippen LogP contribution in [0.5, 0.6) is 0 Å².